The molecule has 2 aromatic rings. The zero-order valence-electron chi connectivity index (χ0n) is 13.7. The molecule has 27 heavy (non-hydrogen) atoms. The minimum Gasteiger partial charge on any atom is -0.478 e. The summed E-state index contributed by atoms with van der Waals surface area (Å²) >= 11 is 7.05. The van der Waals surface area contributed by atoms with Gasteiger partial charge in [0, 0.05) is 21.5 Å². The van der Waals surface area contributed by atoms with Crippen molar-refractivity contribution in [2.24, 2.45) is 5.16 Å². The SMILES string of the molecule is O=C(Nc1scc(-c2ccc(Cl)cc2)c1C(=O)O)C1=CC2=NONC2=CC1. The van der Waals surface area contributed by atoms with Gasteiger partial charge in [0.2, 0.25) is 0 Å². The van der Waals surface area contributed by atoms with Gasteiger partial charge in [0.05, 0.1) is 5.70 Å². The van der Waals surface area contributed by atoms with E-state index < -0.39 is 5.97 Å². The molecular weight excluding hydrogens is 390 g/mol. The summed E-state index contributed by atoms with van der Waals surface area (Å²) in [4.78, 5) is 29.2. The van der Waals surface area contributed by atoms with Gasteiger partial charge in [0.25, 0.3) is 5.91 Å². The molecule has 1 aromatic carbocycles. The van der Waals surface area contributed by atoms with Crippen molar-refractivity contribution >= 4 is 45.5 Å². The van der Waals surface area contributed by atoms with Crippen molar-refractivity contribution in [2.45, 2.75) is 6.42 Å². The van der Waals surface area contributed by atoms with Crippen molar-refractivity contribution in [2.75, 3.05) is 5.32 Å². The maximum Gasteiger partial charge on any atom is 0.339 e. The Morgan fingerprint density at radius 1 is 1.30 bits per heavy atom. The molecule has 2 heterocycles. The Hall–Kier alpha value is -3.10. The molecule has 2 aliphatic rings. The fourth-order valence-corrected chi connectivity index (χ4v) is 3.84. The third-order valence-corrected chi connectivity index (χ3v) is 5.24. The van der Waals surface area contributed by atoms with Crippen molar-refractivity contribution in [3.63, 3.8) is 0 Å². The lowest BCUT2D eigenvalue weighted by Gasteiger charge is -2.11. The lowest BCUT2D eigenvalue weighted by atomic mass is 10.0. The molecule has 7 nitrogen and oxygen atoms in total. The summed E-state index contributed by atoms with van der Waals surface area (Å²) in [5.41, 5.74) is 5.59. The third kappa shape index (κ3) is 3.32. The first-order valence-corrected chi connectivity index (χ1v) is 9.12. The number of hydroxylamine groups is 1. The highest BCUT2D eigenvalue weighted by molar-refractivity contribution is 7.15. The van der Waals surface area contributed by atoms with E-state index in [1.807, 2.05) is 0 Å². The van der Waals surface area contributed by atoms with Gasteiger partial charge in [-0.15, -0.1) is 11.3 Å². The molecule has 9 heteroatoms. The van der Waals surface area contributed by atoms with Crippen LogP contribution in [0, 0.1) is 0 Å². The Bertz CT molecular complexity index is 1040. The van der Waals surface area contributed by atoms with Crippen LogP contribution >= 0.6 is 22.9 Å². The number of oxime groups is 1. The number of hydrogen-bond acceptors (Lipinski definition) is 6. The first-order valence-electron chi connectivity index (χ1n) is 7.86. The number of nitrogens with one attached hydrogen (secondary N) is 2. The average molecular weight is 402 g/mol. The smallest absolute Gasteiger partial charge is 0.339 e. The number of halogens is 1. The molecule has 0 spiro atoms. The van der Waals surface area contributed by atoms with E-state index in [9.17, 15) is 14.7 Å². The number of carboxylic acid groups (broad SMARTS) is 1. The predicted molar refractivity (Wildman–Crippen MR) is 103 cm³/mol. The van der Waals surface area contributed by atoms with Crippen LogP contribution in [0.25, 0.3) is 11.1 Å². The number of amides is 1. The van der Waals surface area contributed by atoms with E-state index in [4.69, 9.17) is 16.5 Å². The minimum absolute atomic E-state index is 0.0477. The number of carbonyl (C=O) groups is 2. The Balaban J connectivity index is 1.62. The van der Waals surface area contributed by atoms with Crippen LogP contribution in [0.1, 0.15) is 16.8 Å². The molecule has 0 radical (unpaired) electrons. The summed E-state index contributed by atoms with van der Waals surface area (Å²) < 4.78 is 0. The zero-order valence-corrected chi connectivity index (χ0v) is 15.2. The predicted octanol–water partition coefficient (Wildman–Crippen LogP) is 3.81. The van der Waals surface area contributed by atoms with Crippen LogP contribution in [0.3, 0.4) is 0 Å². The van der Waals surface area contributed by atoms with Gasteiger partial charge in [0.1, 0.15) is 16.3 Å². The van der Waals surface area contributed by atoms with Crippen LogP contribution in [0.2, 0.25) is 5.02 Å². The van der Waals surface area contributed by atoms with Gasteiger partial charge >= 0.3 is 5.97 Å². The van der Waals surface area contributed by atoms with Crippen LogP contribution < -0.4 is 10.8 Å². The summed E-state index contributed by atoms with van der Waals surface area (Å²) in [5, 5.41) is 18.7. The number of fused-ring (bicyclic) bond motifs is 1. The lowest BCUT2D eigenvalue weighted by Crippen LogP contribution is -2.20. The van der Waals surface area contributed by atoms with Crippen molar-refractivity contribution in [1.29, 1.82) is 0 Å². The van der Waals surface area contributed by atoms with E-state index in [1.165, 1.54) is 0 Å². The molecule has 1 aromatic heterocycles. The topological polar surface area (TPSA) is 100 Å². The van der Waals surface area contributed by atoms with Gasteiger partial charge in [-0.05, 0) is 30.2 Å². The first-order chi connectivity index (χ1) is 13.0. The van der Waals surface area contributed by atoms with Crippen molar-refractivity contribution in [3.05, 3.63) is 63.7 Å². The quantitative estimate of drug-likeness (QED) is 0.723. The van der Waals surface area contributed by atoms with Crippen LogP contribution in [-0.4, -0.2) is 22.7 Å². The molecule has 4 rings (SSSR count). The molecule has 1 amide bonds. The summed E-state index contributed by atoms with van der Waals surface area (Å²) in [6.45, 7) is 0. The summed E-state index contributed by atoms with van der Waals surface area (Å²) in [5.74, 6) is -1.50. The summed E-state index contributed by atoms with van der Waals surface area (Å²) in [6.07, 6.45) is 3.78. The summed E-state index contributed by atoms with van der Waals surface area (Å²) in [7, 11) is 0. The normalized spacial score (nSPS) is 14.9. The monoisotopic (exact) mass is 401 g/mol. The molecule has 0 bridgehead atoms. The molecule has 0 unspecified atom stereocenters. The zero-order chi connectivity index (χ0) is 19.0. The Labute approximate surface area is 162 Å². The molecule has 1 aliphatic carbocycles. The second-order valence-electron chi connectivity index (χ2n) is 5.78. The summed E-state index contributed by atoms with van der Waals surface area (Å²) in [6, 6.07) is 6.86. The molecular formula is C18H12ClN3O4S. The molecule has 0 saturated heterocycles. The fraction of sp³-hybridized carbons (Fsp3) is 0.0556. The van der Waals surface area contributed by atoms with Gasteiger partial charge in [0.15, 0.2) is 0 Å². The van der Waals surface area contributed by atoms with Crippen LogP contribution in [0.4, 0.5) is 5.00 Å². The van der Waals surface area contributed by atoms with E-state index >= 15 is 0 Å². The number of hydrogen-bond donors (Lipinski definition) is 3. The number of nitrogens with zero attached hydrogens (tertiary/aromatic N) is 1. The minimum atomic E-state index is -1.12. The van der Waals surface area contributed by atoms with E-state index in [0.29, 0.717) is 39.6 Å². The number of carboxylic acids is 1. The largest absolute Gasteiger partial charge is 0.478 e. The molecule has 3 N–H and O–H groups in total. The third-order valence-electron chi connectivity index (χ3n) is 4.09. The molecule has 1 aliphatic heterocycles. The first kappa shape index (κ1) is 17.3. The van der Waals surface area contributed by atoms with Crippen LogP contribution in [0.5, 0.6) is 0 Å². The van der Waals surface area contributed by atoms with E-state index in [1.54, 1.807) is 41.8 Å². The highest BCUT2D eigenvalue weighted by Gasteiger charge is 2.25. The lowest BCUT2D eigenvalue weighted by molar-refractivity contribution is -0.112. The van der Waals surface area contributed by atoms with Crippen molar-refractivity contribution < 1.29 is 19.6 Å². The number of anilines is 1. The Morgan fingerprint density at radius 3 is 2.81 bits per heavy atom. The number of thiophene rings is 1. The van der Waals surface area contributed by atoms with Gasteiger partial charge in [-0.3, -0.25) is 9.73 Å². The highest BCUT2D eigenvalue weighted by Crippen LogP contribution is 2.36. The van der Waals surface area contributed by atoms with Gasteiger partial charge in [-0.25, -0.2) is 4.79 Å². The second-order valence-corrected chi connectivity index (χ2v) is 7.10. The van der Waals surface area contributed by atoms with E-state index in [0.717, 1.165) is 11.3 Å². The van der Waals surface area contributed by atoms with Gasteiger partial charge in [-0.2, -0.15) is 5.48 Å². The van der Waals surface area contributed by atoms with Crippen molar-refractivity contribution in [3.8, 4) is 11.1 Å². The number of aromatic carboxylic acids is 1. The number of rotatable bonds is 4. The van der Waals surface area contributed by atoms with Crippen LogP contribution in [-0.2, 0) is 9.73 Å². The second kappa shape index (κ2) is 6.90. The molecule has 0 saturated carbocycles. The van der Waals surface area contributed by atoms with Crippen LogP contribution in [0.15, 0.2) is 58.2 Å². The maximum absolute atomic E-state index is 12.6. The van der Waals surface area contributed by atoms with Crippen molar-refractivity contribution in [1.82, 2.24) is 5.48 Å². The maximum atomic E-state index is 12.6. The number of benzene rings is 1. The van der Waals surface area contributed by atoms with E-state index in [-0.39, 0.29) is 16.5 Å². The molecule has 0 fully saturated rings. The average Bonchev–Trinajstić information content (AvgIpc) is 3.28. The number of allylic oxidation sites excluding steroid dienone is 2. The highest BCUT2D eigenvalue weighted by atomic mass is 35.5. The fourth-order valence-electron chi connectivity index (χ4n) is 2.75. The number of carbonyl (C=O) groups excluding carboxylic acids is 1. The standard InChI is InChI=1S/C18H12ClN3O4S/c19-11-4-1-9(2-5-11)12-8-27-17(15(12)18(24)25)20-16(23)10-3-6-13-14(7-10)22-26-21-13/h1-2,4-8,21H,3H2,(H,20,23)(H,24,25). The molecule has 0 atom stereocenters. The van der Waals surface area contributed by atoms with E-state index in [2.05, 4.69) is 16.0 Å². The van der Waals surface area contributed by atoms with Gasteiger partial charge < -0.3 is 10.4 Å². The van der Waals surface area contributed by atoms with Gasteiger partial charge in [-0.1, -0.05) is 35.0 Å². The Morgan fingerprint density at radius 2 is 2.07 bits per heavy atom. The Kier molecular flexibility index (Phi) is 4.43. The molecule has 136 valence electrons.